The van der Waals surface area contributed by atoms with E-state index < -0.39 is 0 Å². The number of nitrogens with one attached hydrogen (secondary N) is 1. The topological polar surface area (TPSA) is 70.7 Å². The Labute approximate surface area is 135 Å². The van der Waals surface area contributed by atoms with Gasteiger partial charge in [-0.3, -0.25) is 9.80 Å². The van der Waals surface area contributed by atoms with Crippen LogP contribution in [-0.4, -0.2) is 34.9 Å². The molecule has 1 amide bonds. The second-order valence-corrected chi connectivity index (χ2v) is 5.75. The lowest BCUT2D eigenvalue weighted by atomic mass is 10.1. The van der Waals surface area contributed by atoms with Crippen LogP contribution in [0.5, 0.6) is 0 Å². The van der Waals surface area contributed by atoms with Crippen LogP contribution in [-0.2, 0) is 17.8 Å². The molecular formula is C17H20N4O2. The lowest BCUT2D eigenvalue weighted by molar-refractivity contribution is -0.120. The molecule has 1 aromatic heterocycles. The van der Waals surface area contributed by atoms with E-state index in [0.717, 1.165) is 22.6 Å². The quantitative estimate of drug-likeness (QED) is 0.914. The average Bonchev–Trinajstić information content (AvgIpc) is 3.10. The van der Waals surface area contributed by atoms with Crippen molar-refractivity contribution in [3.8, 4) is 0 Å². The Hall–Kier alpha value is -2.63. The van der Waals surface area contributed by atoms with E-state index in [1.54, 1.807) is 6.21 Å². The molecule has 1 N–H and O–H groups in total. The van der Waals surface area contributed by atoms with Gasteiger partial charge in [-0.1, -0.05) is 35.5 Å². The van der Waals surface area contributed by atoms with E-state index in [1.165, 1.54) is 0 Å². The molecule has 120 valence electrons. The maximum atomic E-state index is 12.1. The number of hydrazone groups is 1. The molecule has 1 aliphatic rings. The van der Waals surface area contributed by atoms with Gasteiger partial charge in [0.2, 0.25) is 5.91 Å². The highest BCUT2D eigenvalue weighted by molar-refractivity contribution is 5.83. The summed E-state index contributed by atoms with van der Waals surface area (Å²) in [5, 5.41) is 13.2. The van der Waals surface area contributed by atoms with Gasteiger partial charge < -0.3 is 9.84 Å². The summed E-state index contributed by atoms with van der Waals surface area (Å²) < 4.78 is 5.17. The number of aryl methyl sites for hydroxylation is 2. The SMILES string of the molecule is Cc1noc(C)c1CN1CC(NC(=O)Cc2ccccc2)C=N1. The van der Waals surface area contributed by atoms with E-state index in [1.807, 2.05) is 49.2 Å². The molecule has 0 aliphatic carbocycles. The van der Waals surface area contributed by atoms with Crippen LogP contribution in [0.1, 0.15) is 22.6 Å². The summed E-state index contributed by atoms with van der Waals surface area (Å²) in [6, 6.07) is 9.65. The van der Waals surface area contributed by atoms with Crippen LogP contribution in [0.25, 0.3) is 0 Å². The minimum absolute atomic E-state index is 0.00633. The summed E-state index contributed by atoms with van der Waals surface area (Å²) in [6.45, 7) is 5.12. The number of benzene rings is 1. The Balaban J connectivity index is 1.50. The zero-order chi connectivity index (χ0) is 16.2. The van der Waals surface area contributed by atoms with E-state index in [-0.39, 0.29) is 11.9 Å². The fraction of sp³-hybridized carbons (Fsp3) is 0.353. The van der Waals surface area contributed by atoms with Crippen LogP contribution in [0.2, 0.25) is 0 Å². The van der Waals surface area contributed by atoms with Crippen LogP contribution in [0, 0.1) is 13.8 Å². The second-order valence-electron chi connectivity index (χ2n) is 5.75. The van der Waals surface area contributed by atoms with Gasteiger partial charge in [0.15, 0.2) is 0 Å². The van der Waals surface area contributed by atoms with Crippen molar-refractivity contribution in [2.24, 2.45) is 5.10 Å². The van der Waals surface area contributed by atoms with Gasteiger partial charge in [0.05, 0.1) is 31.2 Å². The van der Waals surface area contributed by atoms with E-state index >= 15 is 0 Å². The second kappa shape index (κ2) is 6.64. The summed E-state index contributed by atoms with van der Waals surface area (Å²) in [7, 11) is 0. The first kappa shape index (κ1) is 15.3. The van der Waals surface area contributed by atoms with Gasteiger partial charge in [-0.05, 0) is 19.4 Å². The summed E-state index contributed by atoms with van der Waals surface area (Å²) in [5.41, 5.74) is 2.94. The largest absolute Gasteiger partial charge is 0.361 e. The Morgan fingerprint density at radius 3 is 2.83 bits per heavy atom. The number of amides is 1. The molecular weight excluding hydrogens is 292 g/mol. The molecule has 0 fully saturated rings. The molecule has 2 aromatic rings. The normalized spacial score (nSPS) is 16.8. The third kappa shape index (κ3) is 3.77. The zero-order valence-corrected chi connectivity index (χ0v) is 13.3. The van der Waals surface area contributed by atoms with Crippen molar-refractivity contribution in [2.45, 2.75) is 32.9 Å². The standard InChI is InChI=1S/C17H20N4O2/c1-12-16(13(2)23-20-12)11-21-10-15(9-18-21)19-17(22)8-14-6-4-3-5-7-14/h3-7,9,15H,8,10-11H2,1-2H3,(H,19,22). The molecule has 3 rings (SSSR count). The van der Waals surface area contributed by atoms with Crippen molar-refractivity contribution in [3.63, 3.8) is 0 Å². The zero-order valence-electron chi connectivity index (χ0n) is 13.3. The first-order valence-corrected chi connectivity index (χ1v) is 7.66. The van der Waals surface area contributed by atoms with Crippen molar-refractivity contribution in [2.75, 3.05) is 6.54 Å². The van der Waals surface area contributed by atoms with Gasteiger partial charge in [-0.15, -0.1) is 0 Å². The van der Waals surface area contributed by atoms with Crippen LogP contribution < -0.4 is 5.32 Å². The number of rotatable bonds is 5. The molecule has 0 radical (unpaired) electrons. The molecule has 0 saturated heterocycles. The molecule has 23 heavy (non-hydrogen) atoms. The minimum Gasteiger partial charge on any atom is -0.361 e. The van der Waals surface area contributed by atoms with Crippen molar-refractivity contribution < 1.29 is 9.32 Å². The molecule has 0 saturated carbocycles. The first-order valence-electron chi connectivity index (χ1n) is 7.66. The molecule has 1 unspecified atom stereocenters. The number of hydrogen-bond donors (Lipinski definition) is 1. The smallest absolute Gasteiger partial charge is 0.224 e. The predicted octanol–water partition coefficient (Wildman–Crippen LogP) is 1.82. The van der Waals surface area contributed by atoms with Gasteiger partial charge in [0, 0.05) is 11.8 Å². The maximum Gasteiger partial charge on any atom is 0.224 e. The number of aromatic nitrogens is 1. The van der Waals surface area contributed by atoms with Crippen molar-refractivity contribution in [1.29, 1.82) is 0 Å². The predicted molar refractivity (Wildman–Crippen MR) is 87.0 cm³/mol. The fourth-order valence-corrected chi connectivity index (χ4v) is 2.63. The Morgan fingerprint density at radius 2 is 2.13 bits per heavy atom. The molecule has 6 heteroatoms. The van der Waals surface area contributed by atoms with Crippen LogP contribution in [0.15, 0.2) is 40.0 Å². The molecule has 1 aliphatic heterocycles. The first-order chi connectivity index (χ1) is 11.1. The van der Waals surface area contributed by atoms with E-state index in [0.29, 0.717) is 19.5 Å². The average molecular weight is 312 g/mol. The summed E-state index contributed by atoms with van der Waals surface area (Å²) in [5.74, 6) is 0.820. The molecule has 0 bridgehead atoms. The summed E-state index contributed by atoms with van der Waals surface area (Å²) in [4.78, 5) is 12.1. The number of carbonyl (C=O) groups is 1. The van der Waals surface area contributed by atoms with Crippen LogP contribution >= 0.6 is 0 Å². The van der Waals surface area contributed by atoms with E-state index in [4.69, 9.17) is 4.52 Å². The van der Waals surface area contributed by atoms with Crippen LogP contribution in [0.4, 0.5) is 0 Å². The highest BCUT2D eigenvalue weighted by atomic mass is 16.5. The summed E-state index contributed by atoms with van der Waals surface area (Å²) in [6.07, 6.45) is 2.16. The van der Waals surface area contributed by atoms with Crippen molar-refractivity contribution in [1.82, 2.24) is 15.5 Å². The van der Waals surface area contributed by atoms with Gasteiger partial charge in [-0.25, -0.2) is 0 Å². The Kier molecular flexibility index (Phi) is 4.41. The molecule has 6 nitrogen and oxygen atoms in total. The molecule has 0 spiro atoms. The maximum absolute atomic E-state index is 12.1. The minimum atomic E-state index is -0.0633. The van der Waals surface area contributed by atoms with E-state index in [9.17, 15) is 4.79 Å². The third-order valence-corrected chi connectivity index (χ3v) is 3.89. The van der Waals surface area contributed by atoms with Gasteiger partial charge >= 0.3 is 0 Å². The lowest BCUT2D eigenvalue weighted by Gasteiger charge is -2.16. The molecule has 1 aromatic carbocycles. The number of hydrogen-bond acceptors (Lipinski definition) is 5. The highest BCUT2D eigenvalue weighted by Crippen LogP contribution is 2.16. The Bertz CT molecular complexity index is 689. The Morgan fingerprint density at radius 1 is 1.35 bits per heavy atom. The fourth-order valence-electron chi connectivity index (χ4n) is 2.63. The molecule has 1 atom stereocenters. The lowest BCUT2D eigenvalue weighted by Crippen LogP contribution is -2.39. The van der Waals surface area contributed by atoms with Gasteiger partial charge in [0.1, 0.15) is 5.76 Å². The van der Waals surface area contributed by atoms with E-state index in [2.05, 4.69) is 15.6 Å². The van der Waals surface area contributed by atoms with Crippen LogP contribution in [0.3, 0.4) is 0 Å². The highest BCUT2D eigenvalue weighted by Gasteiger charge is 2.21. The third-order valence-electron chi connectivity index (χ3n) is 3.89. The number of nitrogens with zero attached hydrogens (tertiary/aromatic N) is 3. The summed E-state index contributed by atoms with van der Waals surface area (Å²) >= 11 is 0. The molecule has 2 heterocycles. The van der Waals surface area contributed by atoms with Crippen molar-refractivity contribution >= 4 is 12.1 Å². The monoisotopic (exact) mass is 312 g/mol. The van der Waals surface area contributed by atoms with Gasteiger partial charge in [-0.2, -0.15) is 5.10 Å². The van der Waals surface area contributed by atoms with Gasteiger partial charge in [0.25, 0.3) is 0 Å². The number of carbonyl (C=O) groups excluding carboxylic acids is 1. The van der Waals surface area contributed by atoms with Crippen molar-refractivity contribution in [3.05, 3.63) is 52.9 Å².